The third kappa shape index (κ3) is 3.42. The maximum atomic E-state index is 12.4. The van der Waals surface area contributed by atoms with Gasteiger partial charge in [0.25, 0.3) is 11.8 Å². The highest BCUT2D eigenvalue weighted by Gasteiger charge is 2.17. The quantitative estimate of drug-likeness (QED) is 0.723. The Bertz CT molecular complexity index is 902. The Kier molecular flexibility index (Phi) is 4.61. The zero-order valence-electron chi connectivity index (χ0n) is 14.0. The van der Waals surface area contributed by atoms with Crippen molar-refractivity contribution in [1.82, 2.24) is 20.4 Å². The molecule has 0 aliphatic rings. The normalized spacial score (nSPS) is 10.3. The molecule has 25 heavy (non-hydrogen) atoms. The van der Waals surface area contributed by atoms with Crippen molar-refractivity contribution in [3.8, 4) is 5.69 Å². The Morgan fingerprint density at radius 2 is 1.56 bits per heavy atom. The summed E-state index contributed by atoms with van der Waals surface area (Å²) in [6.07, 6.45) is 3.04. The highest BCUT2D eigenvalue weighted by atomic mass is 16.2. The lowest BCUT2D eigenvalue weighted by atomic mass is 10.2. The van der Waals surface area contributed by atoms with Crippen LogP contribution in [0.25, 0.3) is 5.69 Å². The number of pyridine rings is 1. The smallest absolute Gasteiger partial charge is 0.271 e. The van der Waals surface area contributed by atoms with Crippen LogP contribution in [0.5, 0.6) is 0 Å². The largest absolute Gasteiger partial charge is 0.318 e. The fraction of sp³-hybridized carbons (Fsp3) is 0.105. The zero-order valence-corrected chi connectivity index (χ0v) is 14.0. The fourth-order valence-electron chi connectivity index (χ4n) is 2.72. The molecule has 2 heterocycles. The number of carbonyl (C=O) groups is 2. The standard InChI is InChI=1S/C19H18N4O2/c1-13-12-17(14(2)23(13)16-6-4-3-5-7-16)19(25)22-21-18(24)15-8-10-20-11-9-15/h3-12H,1-2H3,(H,21,24)(H,22,25). The summed E-state index contributed by atoms with van der Waals surface area (Å²) in [5.41, 5.74) is 8.53. The van der Waals surface area contributed by atoms with Crippen LogP contribution >= 0.6 is 0 Å². The van der Waals surface area contributed by atoms with E-state index in [1.165, 1.54) is 12.4 Å². The van der Waals surface area contributed by atoms with Crippen LogP contribution in [0, 0.1) is 13.8 Å². The Balaban J connectivity index is 1.76. The fourth-order valence-corrected chi connectivity index (χ4v) is 2.72. The highest BCUT2D eigenvalue weighted by molar-refractivity contribution is 5.99. The van der Waals surface area contributed by atoms with Crippen molar-refractivity contribution in [3.63, 3.8) is 0 Å². The number of amides is 2. The SMILES string of the molecule is Cc1cc(C(=O)NNC(=O)c2ccncc2)c(C)n1-c1ccccc1. The van der Waals surface area contributed by atoms with Crippen LogP contribution in [-0.4, -0.2) is 21.4 Å². The van der Waals surface area contributed by atoms with E-state index in [1.807, 2.05) is 48.7 Å². The Hall–Kier alpha value is -3.41. The summed E-state index contributed by atoms with van der Waals surface area (Å²) in [6.45, 7) is 3.81. The number of nitrogens with one attached hydrogen (secondary N) is 2. The van der Waals surface area contributed by atoms with Gasteiger partial charge in [0.05, 0.1) is 5.56 Å². The Morgan fingerprint density at radius 3 is 2.24 bits per heavy atom. The number of aryl methyl sites for hydroxylation is 1. The monoisotopic (exact) mass is 334 g/mol. The summed E-state index contributed by atoms with van der Waals surface area (Å²) in [7, 11) is 0. The lowest BCUT2D eigenvalue weighted by Crippen LogP contribution is -2.41. The van der Waals surface area contributed by atoms with E-state index >= 15 is 0 Å². The molecule has 0 radical (unpaired) electrons. The van der Waals surface area contributed by atoms with E-state index in [1.54, 1.807) is 18.2 Å². The van der Waals surface area contributed by atoms with Gasteiger partial charge in [0.15, 0.2) is 0 Å². The van der Waals surface area contributed by atoms with Crippen molar-refractivity contribution >= 4 is 11.8 Å². The lowest BCUT2D eigenvalue weighted by Gasteiger charge is -2.10. The number of para-hydroxylation sites is 1. The van der Waals surface area contributed by atoms with Gasteiger partial charge in [-0.05, 0) is 44.2 Å². The number of hydrogen-bond acceptors (Lipinski definition) is 3. The molecule has 1 aromatic carbocycles. The minimum absolute atomic E-state index is 0.363. The van der Waals surface area contributed by atoms with E-state index < -0.39 is 5.91 Å². The van der Waals surface area contributed by atoms with Gasteiger partial charge in [0, 0.05) is 35.0 Å². The molecule has 126 valence electrons. The van der Waals surface area contributed by atoms with Crippen LogP contribution in [0.4, 0.5) is 0 Å². The molecule has 3 aromatic rings. The molecule has 6 nitrogen and oxygen atoms in total. The van der Waals surface area contributed by atoms with Gasteiger partial charge in [-0.1, -0.05) is 18.2 Å². The Morgan fingerprint density at radius 1 is 0.920 bits per heavy atom. The average molecular weight is 334 g/mol. The van der Waals surface area contributed by atoms with Crippen molar-refractivity contribution in [3.05, 3.63) is 83.4 Å². The topological polar surface area (TPSA) is 76.0 Å². The van der Waals surface area contributed by atoms with Gasteiger partial charge in [0.2, 0.25) is 0 Å². The van der Waals surface area contributed by atoms with Gasteiger partial charge in [-0.25, -0.2) is 0 Å². The maximum absolute atomic E-state index is 12.4. The Labute approximate surface area is 145 Å². The number of nitrogens with zero attached hydrogens (tertiary/aromatic N) is 2. The van der Waals surface area contributed by atoms with Crippen molar-refractivity contribution in [1.29, 1.82) is 0 Å². The van der Waals surface area contributed by atoms with Gasteiger partial charge in [-0.2, -0.15) is 0 Å². The van der Waals surface area contributed by atoms with E-state index in [9.17, 15) is 9.59 Å². The van der Waals surface area contributed by atoms with Gasteiger partial charge in [-0.15, -0.1) is 0 Å². The molecule has 0 spiro atoms. The molecule has 0 aliphatic heterocycles. The number of hydrogen-bond donors (Lipinski definition) is 2. The third-order valence-corrected chi connectivity index (χ3v) is 3.92. The second-order valence-corrected chi connectivity index (χ2v) is 5.60. The molecule has 0 bridgehead atoms. The minimum Gasteiger partial charge on any atom is -0.318 e. The van der Waals surface area contributed by atoms with Crippen LogP contribution < -0.4 is 10.9 Å². The second kappa shape index (κ2) is 7.00. The maximum Gasteiger partial charge on any atom is 0.271 e. The summed E-state index contributed by atoms with van der Waals surface area (Å²) < 4.78 is 2.00. The molecule has 0 aliphatic carbocycles. The van der Waals surface area contributed by atoms with Crippen LogP contribution in [0.2, 0.25) is 0 Å². The van der Waals surface area contributed by atoms with Crippen molar-refractivity contribution in [2.75, 3.05) is 0 Å². The van der Waals surface area contributed by atoms with E-state index in [0.717, 1.165) is 17.1 Å². The predicted molar refractivity (Wildman–Crippen MR) is 94.4 cm³/mol. The lowest BCUT2D eigenvalue weighted by molar-refractivity contribution is 0.0846. The summed E-state index contributed by atoms with van der Waals surface area (Å²) >= 11 is 0. The van der Waals surface area contributed by atoms with Gasteiger partial charge in [0.1, 0.15) is 0 Å². The number of rotatable bonds is 3. The third-order valence-electron chi connectivity index (χ3n) is 3.92. The van der Waals surface area contributed by atoms with Crippen LogP contribution in [-0.2, 0) is 0 Å². The molecule has 0 saturated heterocycles. The van der Waals surface area contributed by atoms with E-state index in [-0.39, 0.29) is 5.91 Å². The molecule has 0 fully saturated rings. The zero-order chi connectivity index (χ0) is 17.8. The van der Waals surface area contributed by atoms with E-state index in [4.69, 9.17) is 0 Å². The summed E-state index contributed by atoms with van der Waals surface area (Å²) in [6, 6.07) is 14.7. The summed E-state index contributed by atoms with van der Waals surface area (Å²) in [5, 5.41) is 0. The molecule has 0 unspecified atom stereocenters. The van der Waals surface area contributed by atoms with E-state index in [0.29, 0.717) is 11.1 Å². The number of hydrazine groups is 1. The predicted octanol–water partition coefficient (Wildman–Crippen LogP) is 2.56. The van der Waals surface area contributed by atoms with E-state index in [2.05, 4.69) is 15.8 Å². The average Bonchev–Trinajstić information content (AvgIpc) is 2.95. The molecule has 0 saturated carbocycles. The molecular formula is C19H18N4O2. The first-order chi connectivity index (χ1) is 12.1. The number of aromatic nitrogens is 2. The van der Waals surface area contributed by atoms with Crippen LogP contribution in [0.1, 0.15) is 32.1 Å². The molecule has 2 N–H and O–H groups in total. The van der Waals surface area contributed by atoms with Gasteiger partial charge >= 0.3 is 0 Å². The first-order valence-electron chi connectivity index (χ1n) is 7.83. The number of carbonyl (C=O) groups excluding carboxylic acids is 2. The molecule has 3 rings (SSSR count). The van der Waals surface area contributed by atoms with Crippen molar-refractivity contribution < 1.29 is 9.59 Å². The van der Waals surface area contributed by atoms with Crippen LogP contribution in [0.15, 0.2) is 60.9 Å². The van der Waals surface area contributed by atoms with Gasteiger partial charge < -0.3 is 4.57 Å². The van der Waals surface area contributed by atoms with Crippen molar-refractivity contribution in [2.45, 2.75) is 13.8 Å². The number of benzene rings is 1. The first-order valence-corrected chi connectivity index (χ1v) is 7.83. The summed E-state index contributed by atoms with van der Waals surface area (Å²) in [5.74, 6) is -0.759. The molecule has 2 aromatic heterocycles. The van der Waals surface area contributed by atoms with Gasteiger partial charge in [-0.3, -0.25) is 25.4 Å². The second-order valence-electron chi connectivity index (χ2n) is 5.60. The summed E-state index contributed by atoms with van der Waals surface area (Å²) in [4.78, 5) is 28.3. The molecular weight excluding hydrogens is 316 g/mol. The highest BCUT2D eigenvalue weighted by Crippen LogP contribution is 2.20. The van der Waals surface area contributed by atoms with Crippen LogP contribution in [0.3, 0.4) is 0 Å². The molecule has 6 heteroatoms. The van der Waals surface area contributed by atoms with Crippen molar-refractivity contribution in [2.24, 2.45) is 0 Å². The molecule has 0 atom stereocenters. The first kappa shape index (κ1) is 16.4. The molecule has 2 amide bonds. The minimum atomic E-state index is -0.396.